The summed E-state index contributed by atoms with van der Waals surface area (Å²) in [6.07, 6.45) is 1.64. The Morgan fingerprint density at radius 2 is 1.70 bits per heavy atom. The molecule has 0 unspecified atom stereocenters. The van der Waals surface area contributed by atoms with Gasteiger partial charge in [0.05, 0.1) is 11.9 Å². The molecule has 0 spiro atoms. The molecule has 3 rings (SSSR count). The van der Waals surface area contributed by atoms with Crippen LogP contribution >= 0.6 is 0 Å². The molecule has 0 aliphatic carbocycles. The lowest BCUT2D eigenvalue weighted by molar-refractivity contribution is 0.509. The average molecular weight is 272 g/mol. The van der Waals surface area contributed by atoms with Gasteiger partial charge in [0.25, 0.3) is 0 Å². The van der Waals surface area contributed by atoms with Crippen LogP contribution in [0.4, 0.5) is 14.5 Å². The van der Waals surface area contributed by atoms with Crippen molar-refractivity contribution < 1.29 is 8.78 Å². The minimum Gasteiger partial charge on any atom is -0.399 e. The summed E-state index contributed by atoms with van der Waals surface area (Å²) in [5.41, 5.74) is 7.96. The van der Waals surface area contributed by atoms with Crippen LogP contribution in [0.1, 0.15) is 0 Å². The average Bonchev–Trinajstić information content (AvgIpc) is 2.92. The van der Waals surface area contributed by atoms with Crippen molar-refractivity contribution in [2.75, 3.05) is 5.73 Å². The Morgan fingerprint density at radius 3 is 2.40 bits per heavy atom. The molecule has 0 fully saturated rings. The van der Waals surface area contributed by atoms with E-state index in [4.69, 9.17) is 5.73 Å². The molecular weight excluding hydrogens is 262 g/mol. The minimum atomic E-state index is -0.912. The van der Waals surface area contributed by atoms with Crippen molar-refractivity contribution in [3.05, 3.63) is 60.3 Å². The highest BCUT2D eigenvalue weighted by atomic mass is 19.2. The zero-order valence-electron chi connectivity index (χ0n) is 10.3. The van der Waals surface area contributed by atoms with Crippen molar-refractivity contribution in [3.8, 4) is 16.9 Å². The minimum absolute atomic E-state index is 0.459. The monoisotopic (exact) mass is 272 g/mol. The molecule has 20 heavy (non-hydrogen) atoms. The third-order valence-electron chi connectivity index (χ3n) is 2.87. The molecule has 2 N–H and O–H groups in total. The summed E-state index contributed by atoms with van der Waals surface area (Å²) in [4.78, 5) is 0. The lowest BCUT2D eigenvalue weighted by Crippen LogP contribution is -1.95. The van der Waals surface area contributed by atoms with E-state index >= 15 is 0 Å². The van der Waals surface area contributed by atoms with Gasteiger partial charge in [0.2, 0.25) is 0 Å². The number of benzene rings is 2. The quantitative estimate of drug-likeness (QED) is 0.730. The first-order chi connectivity index (χ1) is 9.63. The van der Waals surface area contributed by atoms with Crippen molar-refractivity contribution in [2.45, 2.75) is 0 Å². The Hall–Kier alpha value is -2.76. The first-order valence-corrected chi connectivity index (χ1v) is 5.87. The molecule has 1 aromatic heterocycles. The van der Waals surface area contributed by atoms with Gasteiger partial charge < -0.3 is 5.73 Å². The van der Waals surface area contributed by atoms with Crippen LogP contribution in [0.2, 0.25) is 0 Å². The smallest absolute Gasteiger partial charge is 0.159 e. The van der Waals surface area contributed by atoms with Crippen LogP contribution in [-0.2, 0) is 0 Å². The summed E-state index contributed by atoms with van der Waals surface area (Å²) in [7, 11) is 0. The summed E-state index contributed by atoms with van der Waals surface area (Å²) in [6.45, 7) is 0. The topological polar surface area (TPSA) is 56.7 Å². The van der Waals surface area contributed by atoms with Crippen molar-refractivity contribution in [1.29, 1.82) is 0 Å². The first-order valence-electron chi connectivity index (χ1n) is 5.87. The van der Waals surface area contributed by atoms with Crippen LogP contribution in [0.5, 0.6) is 0 Å². The van der Waals surface area contributed by atoms with Crippen molar-refractivity contribution in [3.63, 3.8) is 0 Å². The molecule has 0 aliphatic rings. The molecule has 0 radical (unpaired) electrons. The van der Waals surface area contributed by atoms with Gasteiger partial charge in [-0.1, -0.05) is 5.21 Å². The molecule has 0 aliphatic heterocycles. The van der Waals surface area contributed by atoms with Crippen molar-refractivity contribution in [2.24, 2.45) is 0 Å². The second kappa shape index (κ2) is 4.73. The van der Waals surface area contributed by atoms with Gasteiger partial charge >= 0.3 is 0 Å². The summed E-state index contributed by atoms with van der Waals surface area (Å²) < 4.78 is 27.6. The fourth-order valence-corrected chi connectivity index (χ4v) is 1.80. The number of hydrogen-bond donors (Lipinski definition) is 1. The molecule has 0 bridgehead atoms. The Kier molecular flexibility index (Phi) is 2.90. The number of hydrogen-bond acceptors (Lipinski definition) is 3. The molecule has 2 aromatic carbocycles. The SMILES string of the molecule is Nc1ccc(-n2cc(-c3ccc(F)c(F)c3)nn2)cc1. The van der Waals surface area contributed by atoms with E-state index in [1.165, 1.54) is 10.7 Å². The van der Waals surface area contributed by atoms with E-state index in [1.807, 2.05) is 0 Å². The molecule has 0 saturated carbocycles. The summed E-state index contributed by atoms with van der Waals surface area (Å²) in [6, 6.07) is 10.7. The molecule has 100 valence electrons. The van der Waals surface area contributed by atoms with Crippen LogP contribution in [-0.4, -0.2) is 15.0 Å². The fourth-order valence-electron chi connectivity index (χ4n) is 1.80. The van der Waals surface area contributed by atoms with Crippen LogP contribution in [0.15, 0.2) is 48.7 Å². The van der Waals surface area contributed by atoms with E-state index in [0.717, 1.165) is 17.8 Å². The summed E-state index contributed by atoms with van der Waals surface area (Å²) in [5.74, 6) is -1.80. The highest BCUT2D eigenvalue weighted by molar-refractivity contribution is 5.58. The zero-order valence-corrected chi connectivity index (χ0v) is 10.3. The summed E-state index contributed by atoms with van der Waals surface area (Å²) >= 11 is 0. The largest absolute Gasteiger partial charge is 0.399 e. The molecule has 0 saturated heterocycles. The number of nitrogen functional groups attached to an aromatic ring is 1. The Bertz CT molecular complexity index is 750. The van der Waals surface area contributed by atoms with Crippen LogP contribution in [0, 0.1) is 11.6 Å². The Labute approximate surface area is 113 Å². The molecule has 0 amide bonds. The van der Waals surface area contributed by atoms with E-state index in [1.54, 1.807) is 30.5 Å². The third kappa shape index (κ3) is 2.23. The van der Waals surface area contributed by atoms with Gasteiger partial charge in [0.15, 0.2) is 11.6 Å². The maximum atomic E-state index is 13.2. The van der Waals surface area contributed by atoms with Crippen molar-refractivity contribution >= 4 is 5.69 Å². The van der Waals surface area contributed by atoms with Gasteiger partial charge in [-0.15, -0.1) is 5.10 Å². The Balaban J connectivity index is 1.97. The first kappa shape index (κ1) is 12.3. The molecular formula is C14H10F2N4. The number of rotatable bonds is 2. The lowest BCUT2D eigenvalue weighted by atomic mass is 10.1. The van der Waals surface area contributed by atoms with E-state index in [-0.39, 0.29) is 0 Å². The van der Waals surface area contributed by atoms with Crippen LogP contribution in [0.25, 0.3) is 16.9 Å². The fraction of sp³-hybridized carbons (Fsp3) is 0. The molecule has 3 aromatic rings. The van der Waals surface area contributed by atoms with Crippen molar-refractivity contribution in [1.82, 2.24) is 15.0 Å². The maximum absolute atomic E-state index is 13.2. The standard InChI is InChI=1S/C14H10F2N4/c15-12-6-1-9(7-13(12)16)14-8-20(19-18-14)11-4-2-10(17)3-5-11/h1-8H,17H2. The number of anilines is 1. The second-order valence-electron chi connectivity index (χ2n) is 4.27. The normalized spacial score (nSPS) is 10.7. The van der Waals surface area contributed by atoms with E-state index < -0.39 is 11.6 Å². The van der Waals surface area contributed by atoms with E-state index in [2.05, 4.69) is 10.3 Å². The van der Waals surface area contributed by atoms with Gasteiger partial charge in [-0.2, -0.15) is 0 Å². The van der Waals surface area contributed by atoms with Gasteiger partial charge in [-0.3, -0.25) is 0 Å². The highest BCUT2D eigenvalue weighted by Crippen LogP contribution is 2.20. The number of nitrogens with two attached hydrogens (primary N) is 1. The summed E-state index contributed by atoms with van der Waals surface area (Å²) in [5, 5.41) is 7.90. The van der Waals surface area contributed by atoms with E-state index in [9.17, 15) is 8.78 Å². The third-order valence-corrected chi connectivity index (χ3v) is 2.87. The second-order valence-corrected chi connectivity index (χ2v) is 4.27. The predicted molar refractivity (Wildman–Crippen MR) is 71.1 cm³/mol. The molecule has 6 heteroatoms. The van der Waals surface area contributed by atoms with Crippen LogP contribution < -0.4 is 5.73 Å². The number of aromatic nitrogens is 3. The van der Waals surface area contributed by atoms with E-state index in [0.29, 0.717) is 16.9 Å². The highest BCUT2D eigenvalue weighted by Gasteiger charge is 2.08. The van der Waals surface area contributed by atoms with Gasteiger partial charge in [-0.05, 0) is 42.5 Å². The number of nitrogens with zero attached hydrogens (tertiary/aromatic N) is 3. The van der Waals surface area contributed by atoms with Crippen LogP contribution in [0.3, 0.4) is 0 Å². The molecule has 4 nitrogen and oxygen atoms in total. The van der Waals surface area contributed by atoms with Gasteiger partial charge in [0, 0.05) is 11.3 Å². The Morgan fingerprint density at radius 1 is 0.950 bits per heavy atom. The van der Waals surface area contributed by atoms with Gasteiger partial charge in [-0.25, -0.2) is 13.5 Å². The number of halogens is 2. The zero-order chi connectivity index (χ0) is 14.1. The molecule has 1 heterocycles. The maximum Gasteiger partial charge on any atom is 0.159 e. The van der Waals surface area contributed by atoms with Gasteiger partial charge in [0.1, 0.15) is 5.69 Å². The molecule has 0 atom stereocenters. The predicted octanol–water partition coefficient (Wildman–Crippen LogP) is 2.79. The lowest BCUT2D eigenvalue weighted by Gasteiger charge is -2.00.